The average molecular weight is 401 g/mol. The molecule has 1 aromatic heterocycles. The van der Waals surface area contributed by atoms with Gasteiger partial charge in [0.15, 0.2) is 5.96 Å². The van der Waals surface area contributed by atoms with Crippen molar-refractivity contribution in [2.45, 2.75) is 12.5 Å². The van der Waals surface area contributed by atoms with Crippen molar-refractivity contribution < 1.29 is 9.52 Å². The van der Waals surface area contributed by atoms with Crippen molar-refractivity contribution in [2.75, 3.05) is 13.1 Å². The van der Waals surface area contributed by atoms with Gasteiger partial charge in [-0.25, -0.2) is 0 Å². The minimum atomic E-state index is -0.764. The third kappa shape index (κ3) is 6.17. The van der Waals surface area contributed by atoms with Crippen LogP contribution in [0.1, 0.15) is 17.4 Å². The first kappa shape index (κ1) is 17.5. The van der Waals surface area contributed by atoms with Crippen LogP contribution >= 0.6 is 24.0 Å². The van der Waals surface area contributed by atoms with Gasteiger partial charge in [-0.2, -0.15) is 0 Å². The Hall–Kier alpha value is -1.54. The number of benzene rings is 1. The monoisotopic (exact) mass is 401 g/mol. The largest absolute Gasteiger partial charge is 0.467 e. The second kappa shape index (κ2) is 9.41. The molecule has 1 heterocycles. The Labute approximate surface area is 141 Å². The first-order valence-electron chi connectivity index (χ1n) is 6.55. The highest BCUT2D eigenvalue weighted by Crippen LogP contribution is 2.12. The van der Waals surface area contributed by atoms with E-state index in [4.69, 9.17) is 10.2 Å². The summed E-state index contributed by atoms with van der Waals surface area (Å²) in [6, 6.07) is 13.6. The molecule has 114 valence electrons. The molecule has 5 nitrogen and oxygen atoms in total. The number of hydrogen-bond acceptors (Lipinski definition) is 3. The summed E-state index contributed by atoms with van der Waals surface area (Å²) < 4.78 is 5.09. The van der Waals surface area contributed by atoms with E-state index in [2.05, 4.69) is 22.4 Å². The normalized spacial score (nSPS) is 12.5. The van der Waals surface area contributed by atoms with Gasteiger partial charge < -0.3 is 20.6 Å². The number of halogens is 1. The predicted molar refractivity (Wildman–Crippen MR) is 93.7 cm³/mol. The van der Waals surface area contributed by atoms with Gasteiger partial charge in [-0.15, -0.1) is 24.0 Å². The first-order valence-corrected chi connectivity index (χ1v) is 6.55. The van der Waals surface area contributed by atoms with Crippen LogP contribution in [0, 0.1) is 0 Å². The number of guanidine groups is 1. The molecule has 0 aliphatic carbocycles. The maximum Gasteiger partial charge on any atom is 0.188 e. The number of furan rings is 1. The number of nitrogens with zero attached hydrogens (tertiary/aromatic N) is 1. The first-order chi connectivity index (χ1) is 9.75. The topological polar surface area (TPSA) is 83.8 Å². The zero-order valence-corrected chi connectivity index (χ0v) is 13.9. The zero-order valence-electron chi connectivity index (χ0n) is 11.6. The van der Waals surface area contributed by atoms with Gasteiger partial charge in [0, 0.05) is 6.54 Å². The van der Waals surface area contributed by atoms with Gasteiger partial charge in [-0.1, -0.05) is 30.3 Å². The highest BCUT2D eigenvalue weighted by Gasteiger charge is 2.09. The summed E-state index contributed by atoms with van der Waals surface area (Å²) in [5.41, 5.74) is 6.98. The number of hydrogen-bond donors (Lipinski definition) is 3. The quantitative estimate of drug-likeness (QED) is 0.393. The lowest BCUT2D eigenvalue weighted by molar-refractivity contribution is 0.158. The van der Waals surface area contributed by atoms with E-state index in [9.17, 15) is 5.11 Å². The van der Waals surface area contributed by atoms with Crippen molar-refractivity contribution in [3.05, 3.63) is 60.1 Å². The highest BCUT2D eigenvalue weighted by atomic mass is 127. The lowest BCUT2D eigenvalue weighted by Crippen LogP contribution is -2.33. The molecule has 0 amide bonds. The summed E-state index contributed by atoms with van der Waals surface area (Å²) in [5.74, 6) is 0.817. The summed E-state index contributed by atoms with van der Waals surface area (Å²) in [6.45, 7) is 0.883. The van der Waals surface area contributed by atoms with Crippen molar-refractivity contribution in [3.63, 3.8) is 0 Å². The molecule has 4 N–H and O–H groups in total. The van der Waals surface area contributed by atoms with Gasteiger partial charge in [0.25, 0.3) is 0 Å². The minimum absolute atomic E-state index is 0. The maximum absolute atomic E-state index is 9.78. The second-order valence-corrected chi connectivity index (χ2v) is 4.42. The molecule has 2 rings (SSSR count). The van der Waals surface area contributed by atoms with E-state index in [-0.39, 0.29) is 30.5 Å². The molecule has 1 atom stereocenters. The van der Waals surface area contributed by atoms with Crippen LogP contribution in [0.3, 0.4) is 0 Å². The second-order valence-electron chi connectivity index (χ2n) is 4.42. The van der Waals surface area contributed by atoms with Crippen LogP contribution in [0.5, 0.6) is 0 Å². The SMILES string of the molecule is I.NC(=NCC(O)c1ccco1)NCCc1ccccc1. The summed E-state index contributed by atoms with van der Waals surface area (Å²) in [4.78, 5) is 4.08. The average Bonchev–Trinajstić information content (AvgIpc) is 3.00. The summed E-state index contributed by atoms with van der Waals surface area (Å²) in [7, 11) is 0. The fourth-order valence-electron chi connectivity index (χ4n) is 1.79. The third-order valence-electron chi connectivity index (χ3n) is 2.87. The van der Waals surface area contributed by atoms with E-state index in [0.717, 1.165) is 6.42 Å². The van der Waals surface area contributed by atoms with E-state index < -0.39 is 6.10 Å². The van der Waals surface area contributed by atoms with Crippen LogP contribution in [0.25, 0.3) is 0 Å². The van der Waals surface area contributed by atoms with Crippen LogP contribution < -0.4 is 11.1 Å². The Kier molecular flexibility index (Phi) is 7.84. The van der Waals surface area contributed by atoms with Crippen molar-refractivity contribution in [1.82, 2.24) is 5.32 Å². The fourth-order valence-corrected chi connectivity index (χ4v) is 1.79. The van der Waals surface area contributed by atoms with E-state index in [0.29, 0.717) is 18.3 Å². The van der Waals surface area contributed by atoms with Crippen molar-refractivity contribution in [3.8, 4) is 0 Å². The molecule has 0 fully saturated rings. The highest BCUT2D eigenvalue weighted by molar-refractivity contribution is 14.0. The van der Waals surface area contributed by atoms with Crippen molar-refractivity contribution in [2.24, 2.45) is 10.7 Å². The summed E-state index contributed by atoms with van der Waals surface area (Å²) in [6.07, 6.45) is 1.63. The fraction of sp³-hybridized carbons (Fsp3) is 0.267. The summed E-state index contributed by atoms with van der Waals surface area (Å²) >= 11 is 0. The molecule has 6 heteroatoms. The molecule has 0 spiro atoms. The Balaban J connectivity index is 0.00000220. The lowest BCUT2D eigenvalue weighted by atomic mass is 10.1. The van der Waals surface area contributed by atoms with Gasteiger partial charge in [-0.05, 0) is 24.1 Å². The summed E-state index contributed by atoms with van der Waals surface area (Å²) in [5, 5.41) is 12.8. The molecule has 0 radical (unpaired) electrons. The molecule has 2 aromatic rings. The Bertz CT molecular complexity index is 529. The molecule has 0 aliphatic heterocycles. The molecular formula is C15H20IN3O2. The number of aliphatic hydroxyl groups is 1. The Morgan fingerprint density at radius 2 is 2.00 bits per heavy atom. The van der Waals surface area contributed by atoms with Gasteiger partial charge in [0.1, 0.15) is 11.9 Å². The van der Waals surface area contributed by atoms with Crippen LogP contribution in [-0.2, 0) is 6.42 Å². The van der Waals surface area contributed by atoms with Crippen LogP contribution in [0.4, 0.5) is 0 Å². The number of aliphatic hydroxyl groups excluding tert-OH is 1. The molecule has 0 saturated heterocycles. The van der Waals surface area contributed by atoms with Crippen molar-refractivity contribution >= 4 is 29.9 Å². The Morgan fingerprint density at radius 3 is 2.67 bits per heavy atom. The molecular weight excluding hydrogens is 381 g/mol. The number of nitrogens with one attached hydrogen (secondary N) is 1. The number of nitrogens with two attached hydrogens (primary N) is 1. The van der Waals surface area contributed by atoms with Crippen LogP contribution in [-0.4, -0.2) is 24.2 Å². The Morgan fingerprint density at radius 1 is 1.24 bits per heavy atom. The lowest BCUT2D eigenvalue weighted by Gasteiger charge is -2.07. The molecule has 0 bridgehead atoms. The van der Waals surface area contributed by atoms with Crippen LogP contribution in [0.2, 0.25) is 0 Å². The van der Waals surface area contributed by atoms with Gasteiger partial charge in [-0.3, -0.25) is 4.99 Å². The van der Waals surface area contributed by atoms with Crippen molar-refractivity contribution in [1.29, 1.82) is 0 Å². The standard InChI is InChI=1S/C15H19N3O2.HI/c16-15(17-9-8-12-5-2-1-3-6-12)18-11-13(19)14-7-4-10-20-14;/h1-7,10,13,19H,8-9,11H2,(H3,16,17,18);1H. The van der Waals surface area contributed by atoms with Gasteiger partial charge in [0.2, 0.25) is 0 Å². The van der Waals surface area contributed by atoms with E-state index in [1.165, 1.54) is 11.8 Å². The van der Waals surface area contributed by atoms with E-state index >= 15 is 0 Å². The third-order valence-corrected chi connectivity index (χ3v) is 2.87. The van der Waals surface area contributed by atoms with Gasteiger partial charge >= 0.3 is 0 Å². The minimum Gasteiger partial charge on any atom is -0.467 e. The molecule has 1 unspecified atom stereocenters. The predicted octanol–water partition coefficient (Wildman–Crippen LogP) is 2.08. The van der Waals surface area contributed by atoms with Gasteiger partial charge in [0.05, 0.1) is 12.8 Å². The maximum atomic E-state index is 9.78. The molecule has 0 aliphatic rings. The van der Waals surface area contributed by atoms with E-state index in [1.807, 2.05) is 18.2 Å². The molecule has 0 saturated carbocycles. The molecule has 1 aromatic carbocycles. The zero-order chi connectivity index (χ0) is 14.2. The number of aliphatic imine (C=N–C) groups is 1. The van der Waals surface area contributed by atoms with E-state index in [1.54, 1.807) is 12.1 Å². The number of rotatable bonds is 6. The van der Waals surface area contributed by atoms with Crippen LogP contribution in [0.15, 0.2) is 58.1 Å². The smallest absolute Gasteiger partial charge is 0.188 e. The molecule has 21 heavy (non-hydrogen) atoms.